The molecule has 5 heteroatoms. The van der Waals surface area contributed by atoms with Crippen LogP contribution in [0.25, 0.3) is 94.4 Å². The van der Waals surface area contributed by atoms with Crippen LogP contribution in [0.15, 0.2) is 243 Å². The summed E-state index contributed by atoms with van der Waals surface area (Å²) in [5, 5.41) is 4.81. The summed E-state index contributed by atoms with van der Waals surface area (Å²) >= 11 is 0. The molecule has 3 heterocycles. The quantitative estimate of drug-likeness (QED) is 0.160. The monoisotopic (exact) mass is 856 g/mol. The van der Waals surface area contributed by atoms with E-state index in [1.54, 1.807) is 0 Å². The van der Waals surface area contributed by atoms with Gasteiger partial charge >= 0.3 is 0 Å². The summed E-state index contributed by atoms with van der Waals surface area (Å²) in [5.41, 5.74) is 15.7. The minimum Gasteiger partial charge on any atom is -0.453 e. The van der Waals surface area contributed by atoms with Crippen molar-refractivity contribution in [2.45, 2.75) is 0 Å². The number of anilines is 3. The lowest BCUT2D eigenvalue weighted by Crippen LogP contribution is -2.15. The Morgan fingerprint density at radius 2 is 0.910 bits per heavy atom. The van der Waals surface area contributed by atoms with E-state index in [1.807, 2.05) is 36.4 Å². The second kappa shape index (κ2) is 15.9. The fraction of sp³-hybridized carbons (Fsp3) is 0. The Morgan fingerprint density at radius 1 is 0.328 bits per heavy atom. The number of benzene rings is 10. The number of aromatic nitrogens is 3. The zero-order chi connectivity index (χ0) is 44.3. The highest BCUT2D eigenvalue weighted by Gasteiger charge is 2.26. The Morgan fingerprint density at radius 3 is 1.73 bits per heavy atom. The zero-order valence-electron chi connectivity index (χ0n) is 36.3. The smallest absolute Gasteiger partial charge is 0.160 e. The normalized spacial score (nSPS) is 12.0. The molecule has 0 bridgehead atoms. The van der Waals surface area contributed by atoms with E-state index in [1.165, 1.54) is 32.7 Å². The van der Waals surface area contributed by atoms with Crippen molar-refractivity contribution in [3.63, 3.8) is 0 Å². The fourth-order valence-electron chi connectivity index (χ4n) is 9.77. The Bertz CT molecular complexity index is 3830. The van der Waals surface area contributed by atoms with Crippen molar-refractivity contribution >= 4 is 49.6 Å². The van der Waals surface area contributed by atoms with Gasteiger partial charge in [0.1, 0.15) is 0 Å². The third kappa shape index (κ3) is 6.72. The number of nitrogens with zero attached hydrogens (tertiary/aromatic N) is 4. The van der Waals surface area contributed by atoms with E-state index < -0.39 is 0 Å². The molecule has 0 N–H and O–H groups in total. The van der Waals surface area contributed by atoms with Crippen molar-refractivity contribution in [3.8, 4) is 73.3 Å². The molecule has 5 nitrogen and oxygen atoms in total. The average molecular weight is 857 g/mol. The minimum atomic E-state index is 0.686. The molecule has 1 aliphatic rings. The SMILES string of the molecule is c1ccc(-c2ccc(-c3cc(-c4cccc(-n5c6ccc(-c7ccc8c(c7)Oc7ccccc7N8c7ccccc7)cc6c6c7ccccc7ccc65)c4)nc(-c4ccccc4)n3)cc2)cc1. The third-order valence-electron chi connectivity index (χ3n) is 13.0. The van der Waals surface area contributed by atoms with Crippen molar-refractivity contribution in [1.82, 2.24) is 14.5 Å². The summed E-state index contributed by atoms with van der Waals surface area (Å²) < 4.78 is 9.05. The van der Waals surface area contributed by atoms with Crippen molar-refractivity contribution < 1.29 is 4.74 Å². The van der Waals surface area contributed by atoms with Gasteiger partial charge in [0.2, 0.25) is 0 Å². The summed E-state index contributed by atoms with van der Waals surface area (Å²) in [7, 11) is 0. The Hall–Kier alpha value is -9.06. The Kier molecular flexibility index (Phi) is 9.10. The molecule has 67 heavy (non-hydrogen) atoms. The number of para-hydroxylation sites is 3. The van der Waals surface area contributed by atoms with Crippen molar-refractivity contribution in [3.05, 3.63) is 243 Å². The summed E-state index contributed by atoms with van der Waals surface area (Å²) in [6.45, 7) is 0. The van der Waals surface area contributed by atoms with Gasteiger partial charge in [-0.2, -0.15) is 0 Å². The molecule has 0 saturated carbocycles. The number of rotatable bonds is 7. The first-order valence-corrected chi connectivity index (χ1v) is 22.6. The Labute approximate surface area is 388 Å². The van der Waals surface area contributed by atoms with Crippen molar-refractivity contribution in [2.24, 2.45) is 0 Å². The van der Waals surface area contributed by atoms with Crippen LogP contribution >= 0.6 is 0 Å². The zero-order valence-corrected chi connectivity index (χ0v) is 36.3. The van der Waals surface area contributed by atoms with Gasteiger partial charge in [0.05, 0.1) is 33.8 Å². The van der Waals surface area contributed by atoms with Crippen LogP contribution in [0.4, 0.5) is 17.1 Å². The standard InChI is InChI=1S/C62H40N4O/c1-4-15-41(16-5-1)42-27-29-44(30-28-42)53-40-54(64-62(63-53)45-18-6-2-7-19-45)48-20-14-23-50(37-48)66-55-34-32-46(38-52(55)61-51-24-11-10-17-43(51)31-36-58(61)66)47-33-35-57-60(39-47)67-59-26-13-12-25-56(59)65(57)49-21-8-3-9-22-49/h1-40H. The van der Waals surface area contributed by atoms with Gasteiger partial charge in [0.15, 0.2) is 17.3 Å². The molecule has 1 aliphatic heterocycles. The first kappa shape index (κ1) is 38.4. The summed E-state index contributed by atoms with van der Waals surface area (Å²) in [6, 6.07) is 85.6. The van der Waals surface area contributed by atoms with Crippen LogP contribution in [-0.4, -0.2) is 14.5 Å². The van der Waals surface area contributed by atoms with E-state index in [0.29, 0.717) is 5.82 Å². The van der Waals surface area contributed by atoms with Crippen LogP contribution < -0.4 is 9.64 Å². The van der Waals surface area contributed by atoms with E-state index >= 15 is 0 Å². The molecule has 2 aromatic heterocycles. The molecule has 10 aromatic carbocycles. The molecule has 0 unspecified atom stereocenters. The lowest BCUT2D eigenvalue weighted by molar-refractivity contribution is 0.477. The predicted octanol–water partition coefficient (Wildman–Crippen LogP) is 16.6. The third-order valence-corrected chi connectivity index (χ3v) is 13.0. The van der Waals surface area contributed by atoms with Gasteiger partial charge in [-0.3, -0.25) is 0 Å². The van der Waals surface area contributed by atoms with Gasteiger partial charge in [-0.15, -0.1) is 0 Å². The number of ether oxygens (including phenoxy) is 1. The summed E-state index contributed by atoms with van der Waals surface area (Å²) in [6.07, 6.45) is 0. The summed E-state index contributed by atoms with van der Waals surface area (Å²) in [4.78, 5) is 12.7. The Balaban J connectivity index is 0.942. The lowest BCUT2D eigenvalue weighted by Gasteiger charge is -2.33. The van der Waals surface area contributed by atoms with E-state index in [-0.39, 0.29) is 0 Å². The van der Waals surface area contributed by atoms with Crippen molar-refractivity contribution in [1.29, 1.82) is 0 Å². The highest BCUT2D eigenvalue weighted by molar-refractivity contribution is 6.22. The van der Waals surface area contributed by atoms with Gasteiger partial charge < -0.3 is 14.2 Å². The molecule has 0 radical (unpaired) electrons. The molecule has 0 atom stereocenters. The van der Waals surface area contributed by atoms with E-state index in [4.69, 9.17) is 14.7 Å². The number of fused-ring (bicyclic) bond motifs is 7. The first-order chi connectivity index (χ1) is 33.2. The van der Waals surface area contributed by atoms with Crippen LogP contribution in [0.2, 0.25) is 0 Å². The van der Waals surface area contributed by atoms with Gasteiger partial charge in [-0.05, 0) is 106 Å². The first-order valence-electron chi connectivity index (χ1n) is 22.6. The maximum Gasteiger partial charge on any atom is 0.160 e. The van der Waals surface area contributed by atoms with Crippen LogP contribution in [0, 0.1) is 0 Å². The van der Waals surface area contributed by atoms with Gasteiger partial charge in [-0.1, -0.05) is 170 Å². The van der Waals surface area contributed by atoms with Crippen LogP contribution in [0.5, 0.6) is 11.5 Å². The molecule has 12 aromatic rings. The number of hydrogen-bond acceptors (Lipinski definition) is 4. The minimum absolute atomic E-state index is 0.686. The number of hydrogen-bond donors (Lipinski definition) is 0. The largest absolute Gasteiger partial charge is 0.453 e. The average Bonchev–Trinajstić information content (AvgIpc) is 3.75. The second-order valence-corrected chi connectivity index (χ2v) is 17.0. The molecule has 0 aliphatic carbocycles. The molecular weight excluding hydrogens is 817 g/mol. The van der Waals surface area contributed by atoms with Gasteiger partial charge in [0.25, 0.3) is 0 Å². The van der Waals surface area contributed by atoms with E-state index in [0.717, 1.165) is 84.5 Å². The molecular formula is C62H40N4O. The van der Waals surface area contributed by atoms with Gasteiger partial charge in [-0.25, -0.2) is 9.97 Å². The molecule has 13 rings (SSSR count). The highest BCUT2D eigenvalue weighted by atomic mass is 16.5. The van der Waals surface area contributed by atoms with Crippen LogP contribution in [-0.2, 0) is 0 Å². The molecule has 0 saturated heterocycles. The fourth-order valence-corrected chi connectivity index (χ4v) is 9.77. The van der Waals surface area contributed by atoms with Crippen LogP contribution in [0.3, 0.4) is 0 Å². The lowest BCUT2D eigenvalue weighted by atomic mass is 9.99. The topological polar surface area (TPSA) is 43.2 Å². The van der Waals surface area contributed by atoms with Crippen molar-refractivity contribution in [2.75, 3.05) is 4.90 Å². The molecule has 0 spiro atoms. The maximum absolute atomic E-state index is 6.65. The van der Waals surface area contributed by atoms with Crippen LogP contribution in [0.1, 0.15) is 0 Å². The molecule has 0 amide bonds. The predicted molar refractivity (Wildman–Crippen MR) is 276 cm³/mol. The van der Waals surface area contributed by atoms with Gasteiger partial charge in [0, 0.05) is 38.8 Å². The molecule has 314 valence electrons. The second-order valence-electron chi connectivity index (χ2n) is 17.0. The summed E-state index contributed by atoms with van der Waals surface area (Å²) in [5.74, 6) is 2.33. The highest BCUT2D eigenvalue weighted by Crippen LogP contribution is 2.51. The van der Waals surface area contributed by atoms with E-state index in [9.17, 15) is 0 Å². The maximum atomic E-state index is 6.65. The van der Waals surface area contributed by atoms with E-state index in [2.05, 4.69) is 216 Å². The molecule has 0 fully saturated rings.